The number of hydrogen-bond acceptors (Lipinski definition) is 13. The van der Waals surface area contributed by atoms with Gasteiger partial charge in [-0.25, -0.2) is 4.79 Å². The summed E-state index contributed by atoms with van der Waals surface area (Å²) in [5.74, 6) is 1.75. The molecule has 0 saturated carbocycles. The Labute approximate surface area is 368 Å². The number of rotatable bonds is 9. The van der Waals surface area contributed by atoms with Gasteiger partial charge in [0, 0.05) is 66.2 Å². The molecule has 0 saturated heterocycles. The Balaban J connectivity index is 0.000000220. The van der Waals surface area contributed by atoms with Crippen molar-refractivity contribution < 1.29 is 33.2 Å². The summed E-state index contributed by atoms with van der Waals surface area (Å²) in [5, 5.41) is 35.1. The van der Waals surface area contributed by atoms with Crippen LogP contribution in [0, 0.1) is 27.7 Å². The molecule has 18 heteroatoms. The second-order valence-corrected chi connectivity index (χ2v) is 14.3. The molecule has 61 heavy (non-hydrogen) atoms. The Morgan fingerprint density at radius 2 is 1.26 bits per heavy atom. The molecular weight excluding hydrogens is 847 g/mol. The molecule has 0 bridgehead atoms. The molecule has 2 unspecified atom stereocenters. The minimum absolute atomic E-state index is 0. The Hall–Kier alpha value is -6.13. The number of benzene rings is 2. The van der Waals surface area contributed by atoms with E-state index in [1.54, 1.807) is 36.5 Å². The molecule has 0 aliphatic carbocycles. The molecule has 0 radical (unpaired) electrons. The molecule has 15 nitrogen and oxygen atoms in total. The third-order valence-corrected chi connectivity index (χ3v) is 9.67. The van der Waals surface area contributed by atoms with Gasteiger partial charge in [-0.05, 0) is 99.5 Å². The van der Waals surface area contributed by atoms with Gasteiger partial charge in [0.05, 0.1) is 39.4 Å². The Kier molecular flexibility index (Phi) is 17.1. The van der Waals surface area contributed by atoms with Crippen molar-refractivity contribution in [2.24, 2.45) is 5.73 Å². The number of carbonyl (C=O) groups excluding carboxylic acids is 1. The van der Waals surface area contributed by atoms with Crippen molar-refractivity contribution in [2.45, 2.75) is 60.2 Å². The number of nitrogens with two attached hydrogens (primary N) is 1. The van der Waals surface area contributed by atoms with E-state index in [-0.39, 0.29) is 37.9 Å². The number of nitrogens with zero attached hydrogens (tertiary/aromatic N) is 6. The molecular formula is C43H45Cl3N8O7. The molecule has 2 aromatic carbocycles. The van der Waals surface area contributed by atoms with Crippen LogP contribution in [0.1, 0.15) is 52.8 Å². The number of nitrogens with one attached hydrogen (secondary N) is 1. The Bertz CT molecular complexity index is 2460. The van der Waals surface area contributed by atoms with Gasteiger partial charge in [0.2, 0.25) is 5.91 Å². The van der Waals surface area contributed by atoms with Crippen molar-refractivity contribution in [2.75, 3.05) is 13.1 Å². The third kappa shape index (κ3) is 12.2. The zero-order valence-electron chi connectivity index (χ0n) is 32.9. The van der Waals surface area contributed by atoms with Gasteiger partial charge < -0.3 is 34.7 Å². The van der Waals surface area contributed by atoms with Gasteiger partial charge in [0.25, 0.3) is 0 Å². The number of ether oxygens (including phenoxy) is 2. The van der Waals surface area contributed by atoms with Crippen LogP contribution >= 0.6 is 35.6 Å². The van der Waals surface area contributed by atoms with Gasteiger partial charge in [-0.1, -0.05) is 40.9 Å². The number of amides is 1. The molecule has 4 aromatic heterocycles. The zero-order chi connectivity index (χ0) is 42.1. The first kappa shape index (κ1) is 47.5. The second kappa shape index (κ2) is 21.9. The first-order valence-electron chi connectivity index (χ1n) is 18.4. The molecule has 320 valence electrons. The van der Waals surface area contributed by atoms with E-state index in [0.717, 1.165) is 74.5 Å². The number of aryl methyl sites for hydroxylation is 4. The SMILES string of the molecule is C.Cc1noc(C)c1-c1cc(Cl)c2c(c1)CC(CN)O2.Cc1noc(C)c1-c1cc(Cl)c2c(c1)CC(CNC(=O)/C=C/c1cccnn1)O2.Cl.O=C(O)/C=C/c1cccnn1. The van der Waals surface area contributed by atoms with Crippen molar-refractivity contribution in [3.63, 3.8) is 0 Å². The number of hydrogen-bond donors (Lipinski definition) is 3. The van der Waals surface area contributed by atoms with E-state index < -0.39 is 5.97 Å². The quantitative estimate of drug-likeness (QED) is 0.117. The lowest BCUT2D eigenvalue weighted by Crippen LogP contribution is -2.33. The molecule has 2 aliphatic heterocycles. The minimum Gasteiger partial charge on any atom is -0.487 e. The molecule has 2 atom stereocenters. The molecule has 0 spiro atoms. The summed E-state index contributed by atoms with van der Waals surface area (Å²) in [6.07, 6.45) is 9.83. The summed E-state index contributed by atoms with van der Waals surface area (Å²) < 4.78 is 22.1. The van der Waals surface area contributed by atoms with E-state index >= 15 is 0 Å². The van der Waals surface area contributed by atoms with Crippen LogP contribution in [-0.2, 0) is 22.4 Å². The molecule has 6 aromatic rings. The predicted octanol–water partition coefficient (Wildman–Crippen LogP) is 8.04. The molecule has 4 N–H and O–H groups in total. The average molecular weight is 892 g/mol. The van der Waals surface area contributed by atoms with Crippen molar-refractivity contribution in [3.05, 3.63) is 129 Å². The standard InChI is InChI=1S/C21H19ClN4O3.C14H15ClN2O2.C7H6N2O2.CH4.ClH/c1-12-20(13(2)29-26-12)14-8-15-9-17(28-21(15)18(22)10-14)11-23-19(27)6-5-16-4-3-7-24-25-16;1-7-13(8(2)19-17-7)9-3-10-4-11(6-16)18-14(10)12(15)5-9;10-7(11)4-3-6-2-1-5-8-9-6;;/h3-8,10,17H,9,11H2,1-2H3,(H,23,27);3,5,11H,4,6,16H2,1-2H3;1-5H,(H,10,11);1H4;1H/b6-5+;;4-3+;;. The topological polar surface area (TPSA) is 214 Å². The number of carbonyl (C=O) groups is 2. The lowest BCUT2D eigenvalue weighted by molar-refractivity contribution is -0.131. The van der Waals surface area contributed by atoms with E-state index in [0.29, 0.717) is 46.7 Å². The van der Waals surface area contributed by atoms with Gasteiger partial charge in [0.15, 0.2) is 0 Å². The van der Waals surface area contributed by atoms with Crippen LogP contribution < -0.4 is 20.5 Å². The van der Waals surface area contributed by atoms with E-state index in [1.807, 2.05) is 45.9 Å². The van der Waals surface area contributed by atoms with Gasteiger partial charge in [-0.2, -0.15) is 20.4 Å². The van der Waals surface area contributed by atoms with E-state index in [1.165, 1.54) is 18.3 Å². The van der Waals surface area contributed by atoms with Crippen LogP contribution in [0.4, 0.5) is 0 Å². The summed E-state index contributed by atoms with van der Waals surface area (Å²) in [7, 11) is 0. The number of aromatic nitrogens is 6. The van der Waals surface area contributed by atoms with Gasteiger partial charge in [-0.15, -0.1) is 12.4 Å². The highest BCUT2D eigenvalue weighted by Crippen LogP contribution is 2.42. The molecule has 6 heterocycles. The maximum atomic E-state index is 12.1. The normalized spacial score (nSPS) is 14.5. The summed E-state index contributed by atoms with van der Waals surface area (Å²) in [4.78, 5) is 22.1. The fourth-order valence-corrected chi connectivity index (χ4v) is 7.06. The highest BCUT2D eigenvalue weighted by Gasteiger charge is 2.28. The van der Waals surface area contributed by atoms with E-state index in [2.05, 4.69) is 42.1 Å². The van der Waals surface area contributed by atoms with Gasteiger partial charge in [-0.3, -0.25) is 4.79 Å². The fourth-order valence-electron chi connectivity index (χ4n) is 6.50. The van der Waals surface area contributed by atoms with Crippen molar-refractivity contribution in [1.29, 1.82) is 0 Å². The molecule has 1 amide bonds. The van der Waals surface area contributed by atoms with Crippen LogP contribution in [-0.4, -0.2) is 73.0 Å². The largest absolute Gasteiger partial charge is 0.487 e. The van der Waals surface area contributed by atoms with Crippen LogP contribution in [0.15, 0.2) is 82.1 Å². The zero-order valence-corrected chi connectivity index (χ0v) is 35.2. The minimum atomic E-state index is -0.990. The first-order valence-corrected chi connectivity index (χ1v) is 19.1. The fraction of sp³-hybridized carbons (Fsp3) is 0.256. The number of halogens is 3. The maximum Gasteiger partial charge on any atom is 0.328 e. The second-order valence-electron chi connectivity index (χ2n) is 13.5. The van der Waals surface area contributed by atoms with Crippen molar-refractivity contribution >= 4 is 59.6 Å². The van der Waals surface area contributed by atoms with Gasteiger partial charge >= 0.3 is 5.97 Å². The lowest BCUT2D eigenvalue weighted by Gasteiger charge is -2.11. The van der Waals surface area contributed by atoms with Crippen LogP contribution in [0.3, 0.4) is 0 Å². The highest BCUT2D eigenvalue weighted by atomic mass is 35.5. The predicted molar refractivity (Wildman–Crippen MR) is 235 cm³/mol. The maximum absolute atomic E-state index is 12.1. The Morgan fingerprint density at radius 3 is 1.69 bits per heavy atom. The first-order chi connectivity index (χ1) is 28.4. The van der Waals surface area contributed by atoms with Crippen LogP contribution in [0.25, 0.3) is 34.4 Å². The summed E-state index contributed by atoms with van der Waals surface area (Å²) in [6, 6.07) is 14.8. The smallest absolute Gasteiger partial charge is 0.328 e. The average Bonchev–Trinajstić information content (AvgIpc) is 4.01. The summed E-state index contributed by atoms with van der Waals surface area (Å²) >= 11 is 12.8. The van der Waals surface area contributed by atoms with E-state index in [9.17, 15) is 9.59 Å². The monoisotopic (exact) mass is 890 g/mol. The van der Waals surface area contributed by atoms with Crippen LogP contribution in [0.5, 0.6) is 11.5 Å². The number of carboxylic acids is 1. The molecule has 8 rings (SSSR count). The lowest BCUT2D eigenvalue weighted by atomic mass is 10.00. The number of fused-ring (bicyclic) bond motifs is 2. The van der Waals surface area contributed by atoms with E-state index in [4.69, 9.17) is 52.6 Å². The van der Waals surface area contributed by atoms with Crippen molar-refractivity contribution in [1.82, 2.24) is 36.0 Å². The summed E-state index contributed by atoms with van der Waals surface area (Å²) in [6.45, 7) is 8.46. The third-order valence-electron chi connectivity index (χ3n) is 9.10. The molecule has 0 fully saturated rings. The summed E-state index contributed by atoms with van der Waals surface area (Å²) in [5.41, 5.74) is 14.5. The Morgan fingerprint density at radius 1 is 0.787 bits per heavy atom. The molecule has 2 aliphatic rings. The van der Waals surface area contributed by atoms with Gasteiger partial charge in [0.1, 0.15) is 35.2 Å². The highest BCUT2D eigenvalue weighted by molar-refractivity contribution is 6.33. The van der Waals surface area contributed by atoms with Crippen molar-refractivity contribution in [3.8, 4) is 33.8 Å². The number of carboxylic acid groups (broad SMARTS) is 1. The number of aliphatic carboxylic acids is 1. The van der Waals surface area contributed by atoms with Crippen LogP contribution in [0.2, 0.25) is 10.0 Å².